The Morgan fingerprint density at radius 2 is 0.718 bits per heavy atom. The van der Waals surface area contributed by atoms with Gasteiger partial charge in [-0.15, -0.1) is 0 Å². The second-order valence-corrected chi connectivity index (χ2v) is 31.2. The van der Waals surface area contributed by atoms with Crippen LogP contribution < -0.4 is 0 Å². The van der Waals surface area contributed by atoms with E-state index in [1.807, 2.05) is 0 Å². The summed E-state index contributed by atoms with van der Waals surface area (Å²) in [7, 11) is 0. The Kier molecular flexibility index (Phi) is 11.2. The summed E-state index contributed by atoms with van der Waals surface area (Å²) in [5, 5.41) is 21.2. The molecule has 420 valence electrons. The van der Waals surface area contributed by atoms with Gasteiger partial charge in [-0.3, -0.25) is 0 Å². The highest BCUT2D eigenvalue weighted by molar-refractivity contribution is 6.42. The van der Waals surface area contributed by atoms with Crippen LogP contribution in [0.1, 0.15) is 157 Å². The topological polar surface area (TPSA) is 0 Å². The van der Waals surface area contributed by atoms with Gasteiger partial charge in [-0.1, -0.05) is 245 Å². The summed E-state index contributed by atoms with van der Waals surface area (Å²) in [6.07, 6.45) is 0. The van der Waals surface area contributed by atoms with E-state index < -0.39 is 0 Å². The predicted octanol–water partition coefficient (Wildman–Crippen LogP) is 25.2. The highest BCUT2D eigenvalue weighted by Gasteiger charge is 2.34. The molecule has 0 nitrogen and oxygen atoms in total. The zero-order chi connectivity index (χ0) is 59.5. The standard InChI is InChI=1S/C85H80/c1-46(2)50-35-51(37-57(36-50)83(9,10)11)52-33-48-25-29-65(77-73(48)70(41-52)75-63-31-27-55(81(3,4)5)44-68(63)60-22-18-19-23-61(60)79(75)77)67-40-47-21-20-24-62-69-45-56(82(6,7)8)28-32-64(69)76-71-42-53(34-49-26-30-66(67)78(74(49)71)80(76)72(47)62)54-38-58(84(12,13)14)43-59(39-54)85(15,16)17/h18-46H,1-17H3. The number of rotatable bonds is 4. The highest BCUT2D eigenvalue weighted by Crippen LogP contribution is 2.61. The molecule has 0 amide bonds. The molecule has 85 heavy (non-hydrogen) atoms. The number of fused-ring (bicyclic) bond motifs is 12. The van der Waals surface area contributed by atoms with Crippen molar-refractivity contribution in [3.05, 3.63) is 203 Å². The van der Waals surface area contributed by atoms with Crippen LogP contribution in [0.25, 0.3) is 153 Å². The average Bonchev–Trinajstić information content (AvgIpc) is 1.56. The second kappa shape index (κ2) is 17.8. The smallest absolute Gasteiger partial charge is 0.000137 e. The number of hydrogen-bond donors (Lipinski definition) is 0. The fourth-order valence-corrected chi connectivity index (χ4v) is 15.0. The lowest BCUT2D eigenvalue weighted by Gasteiger charge is -2.26. The van der Waals surface area contributed by atoms with Crippen LogP contribution in [0.3, 0.4) is 0 Å². The lowest BCUT2D eigenvalue weighted by molar-refractivity contribution is 0.569. The van der Waals surface area contributed by atoms with Crippen molar-refractivity contribution in [3.8, 4) is 66.8 Å². The Balaban J connectivity index is 1.10. The van der Waals surface area contributed by atoms with Gasteiger partial charge in [0.2, 0.25) is 0 Å². The minimum absolute atomic E-state index is 0.00144. The van der Waals surface area contributed by atoms with E-state index in [9.17, 15) is 0 Å². The van der Waals surface area contributed by atoms with Crippen molar-refractivity contribution in [1.82, 2.24) is 0 Å². The third kappa shape index (κ3) is 8.06. The van der Waals surface area contributed by atoms with Gasteiger partial charge in [0.05, 0.1) is 0 Å². The molecule has 3 aliphatic carbocycles. The zero-order valence-electron chi connectivity index (χ0n) is 53.2. The second-order valence-electron chi connectivity index (χ2n) is 31.2. The van der Waals surface area contributed by atoms with E-state index in [0.29, 0.717) is 5.92 Å². The molecular weight excluding hydrogens is 1020 g/mol. The molecule has 0 heterocycles. The molecule has 0 saturated heterocycles. The Morgan fingerprint density at radius 3 is 1.35 bits per heavy atom. The van der Waals surface area contributed by atoms with Gasteiger partial charge in [0.1, 0.15) is 0 Å². The first-order valence-corrected chi connectivity index (χ1v) is 31.4. The van der Waals surface area contributed by atoms with E-state index in [2.05, 4.69) is 288 Å². The van der Waals surface area contributed by atoms with Crippen molar-refractivity contribution in [1.29, 1.82) is 0 Å². The maximum atomic E-state index is 2.59. The van der Waals surface area contributed by atoms with Gasteiger partial charge in [-0.05, 0) is 262 Å². The summed E-state index contributed by atoms with van der Waals surface area (Å²) in [5.41, 5.74) is 24.0. The van der Waals surface area contributed by atoms with Crippen molar-refractivity contribution in [2.75, 3.05) is 0 Å². The van der Waals surface area contributed by atoms with Crippen LogP contribution in [0.4, 0.5) is 0 Å². The fraction of sp³-hybridized carbons (Fsp3) is 0.271. The van der Waals surface area contributed by atoms with E-state index in [-0.39, 0.29) is 27.1 Å². The molecule has 0 spiro atoms. The quantitative estimate of drug-likeness (QED) is 0.154. The molecule has 0 aromatic heterocycles. The van der Waals surface area contributed by atoms with E-state index in [0.717, 1.165) is 0 Å². The molecular formula is C85H80. The van der Waals surface area contributed by atoms with Gasteiger partial charge in [-0.25, -0.2) is 0 Å². The van der Waals surface area contributed by atoms with Crippen molar-refractivity contribution in [3.63, 3.8) is 0 Å². The van der Waals surface area contributed by atoms with Gasteiger partial charge < -0.3 is 0 Å². The summed E-state index contributed by atoms with van der Waals surface area (Å²) in [5.74, 6) is 0.403. The van der Waals surface area contributed by atoms with E-state index in [4.69, 9.17) is 0 Å². The van der Waals surface area contributed by atoms with Crippen LogP contribution >= 0.6 is 0 Å². The summed E-state index contributed by atoms with van der Waals surface area (Å²) in [4.78, 5) is 0. The van der Waals surface area contributed by atoms with Crippen molar-refractivity contribution >= 4 is 86.2 Å². The minimum Gasteiger partial charge on any atom is -0.0616 e. The zero-order valence-corrected chi connectivity index (χ0v) is 53.2. The molecule has 0 saturated carbocycles. The first-order chi connectivity index (χ1) is 40.1. The molecule has 0 bridgehead atoms. The SMILES string of the molecule is CC(C)c1cc(-c2cc3c4c(c(-c5cc6cccc7c8cc(C(C)(C)C)ccc8c8c(c67)-c6c5ccc5cc(-c7cc(C(C)(C)C)cc(C(C)(C)C)c7)cc8c65)ccc4c2)-c2c-3c3ccc(C(C)(C)C)cc3c3ccccc23)cc(C(C)(C)C)c1. The van der Waals surface area contributed by atoms with Gasteiger partial charge in [0.25, 0.3) is 0 Å². The predicted molar refractivity (Wildman–Crippen MR) is 374 cm³/mol. The maximum absolute atomic E-state index is 2.59. The Morgan fingerprint density at radius 1 is 0.235 bits per heavy atom. The summed E-state index contributed by atoms with van der Waals surface area (Å²) in [6.45, 7) is 40.0. The van der Waals surface area contributed by atoms with Crippen LogP contribution in [0.5, 0.6) is 0 Å². The largest absolute Gasteiger partial charge is 0.0616 e. The molecule has 0 N–H and O–H groups in total. The lowest BCUT2D eigenvalue weighted by atomic mass is 9.78. The molecule has 0 unspecified atom stereocenters. The van der Waals surface area contributed by atoms with Gasteiger partial charge in [0.15, 0.2) is 0 Å². The van der Waals surface area contributed by atoms with E-state index in [1.54, 1.807) is 0 Å². The molecule has 0 radical (unpaired) electrons. The fourth-order valence-electron chi connectivity index (χ4n) is 15.0. The monoisotopic (exact) mass is 1100 g/mol. The van der Waals surface area contributed by atoms with Crippen molar-refractivity contribution in [2.45, 2.75) is 151 Å². The van der Waals surface area contributed by atoms with Crippen LogP contribution in [-0.4, -0.2) is 0 Å². The van der Waals surface area contributed by atoms with E-state index >= 15 is 0 Å². The Labute approximate surface area is 503 Å². The molecule has 0 aliphatic heterocycles. The Hall–Kier alpha value is -8.06. The van der Waals surface area contributed by atoms with Crippen LogP contribution in [0, 0.1) is 0 Å². The molecule has 12 aromatic carbocycles. The third-order valence-corrected chi connectivity index (χ3v) is 19.9. The van der Waals surface area contributed by atoms with E-state index in [1.165, 1.54) is 186 Å². The molecule has 0 atom stereocenters. The first-order valence-electron chi connectivity index (χ1n) is 31.4. The summed E-state index contributed by atoms with van der Waals surface area (Å²) in [6, 6.07) is 68.7. The average molecular weight is 1100 g/mol. The van der Waals surface area contributed by atoms with Gasteiger partial charge in [0, 0.05) is 0 Å². The molecule has 0 fully saturated rings. The maximum Gasteiger partial charge on any atom is -0.000137 e. The molecule has 12 aromatic rings. The van der Waals surface area contributed by atoms with Crippen LogP contribution in [0.2, 0.25) is 0 Å². The lowest BCUT2D eigenvalue weighted by Crippen LogP contribution is -2.16. The summed E-state index contributed by atoms with van der Waals surface area (Å²) >= 11 is 0. The third-order valence-electron chi connectivity index (χ3n) is 19.9. The van der Waals surface area contributed by atoms with Crippen LogP contribution in [-0.2, 0) is 27.1 Å². The number of hydrogen-bond acceptors (Lipinski definition) is 0. The number of benzene rings is 12. The van der Waals surface area contributed by atoms with Gasteiger partial charge in [-0.2, -0.15) is 0 Å². The first kappa shape index (κ1) is 53.7. The minimum atomic E-state index is -0.0170. The molecule has 0 heteroatoms. The Bertz CT molecular complexity index is 5100. The van der Waals surface area contributed by atoms with Crippen molar-refractivity contribution < 1.29 is 0 Å². The summed E-state index contributed by atoms with van der Waals surface area (Å²) < 4.78 is 0. The van der Waals surface area contributed by atoms with Crippen molar-refractivity contribution in [2.24, 2.45) is 0 Å². The van der Waals surface area contributed by atoms with Crippen LogP contribution in [0.15, 0.2) is 170 Å². The van der Waals surface area contributed by atoms with Gasteiger partial charge >= 0.3 is 0 Å². The normalized spacial score (nSPS) is 13.6. The molecule has 15 rings (SSSR count). The molecule has 3 aliphatic rings. The highest BCUT2D eigenvalue weighted by atomic mass is 14.4.